The van der Waals surface area contributed by atoms with E-state index in [4.69, 9.17) is 5.73 Å². The second-order valence-corrected chi connectivity index (χ2v) is 5.39. The Balaban J connectivity index is 2.02. The third-order valence-corrected chi connectivity index (χ3v) is 3.77. The van der Waals surface area contributed by atoms with Crippen LogP contribution in [0.2, 0.25) is 0 Å². The third kappa shape index (κ3) is 2.65. The Morgan fingerprint density at radius 3 is 2.43 bits per heavy atom. The van der Waals surface area contributed by atoms with Crippen LogP contribution in [0.4, 0.5) is 4.39 Å². The molecule has 2 N–H and O–H groups in total. The standard InChI is InChI=1S/C18H17FN2/c1-11-3-5-15(10-16(11)19)18(20)14-7-8-17-13(9-14)6-4-12(2)21-17/h3-10,18H,20H2,1-2H3. The van der Waals surface area contributed by atoms with E-state index in [1.165, 1.54) is 6.07 Å². The highest BCUT2D eigenvalue weighted by molar-refractivity contribution is 5.79. The highest BCUT2D eigenvalue weighted by Crippen LogP contribution is 2.24. The third-order valence-electron chi connectivity index (χ3n) is 3.77. The monoisotopic (exact) mass is 280 g/mol. The van der Waals surface area contributed by atoms with Crippen LogP contribution >= 0.6 is 0 Å². The largest absolute Gasteiger partial charge is 0.320 e. The quantitative estimate of drug-likeness (QED) is 0.769. The Labute approximate surface area is 123 Å². The van der Waals surface area contributed by atoms with E-state index in [0.717, 1.165) is 27.7 Å². The van der Waals surface area contributed by atoms with Crippen LogP contribution in [-0.2, 0) is 0 Å². The zero-order chi connectivity index (χ0) is 15.0. The van der Waals surface area contributed by atoms with E-state index in [1.54, 1.807) is 13.0 Å². The average molecular weight is 280 g/mol. The predicted molar refractivity (Wildman–Crippen MR) is 83.6 cm³/mol. The minimum absolute atomic E-state index is 0.221. The number of hydrogen-bond donors (Lipinski definition) is 1. The van der Waals surface area contributed by atoms with Gasteiger partial charge in [-0.2, -0.15) is 0 Å². The van der Waals surface area contributed by atoms with Crippen molar-refractivity contribution in [1.82, 2.24) is 4.98 Å². The first kappa shape index (κ1) is 13.7. The number of aryl methyl sites for hydroxylation is 2. The summed E-state index contributed by atoms with van der Waals surface area (Å²) in [6.07, 6.45) is 0. The highest BCUT2D eigenvalue weighted by Gasteiger charge is 2.11. The minimum Gasteiger partial charge on any atom is -0.320 e. The van der Waals surface area contributed by atoms with Crippen LogP contribution in [0.5, 0.6) is 0 Å². The zero-order valence-corrected chi connectivity index (χ0v) is 12.1. The van der Waals surface area contributed by atoms with Gasteiger partial charge in [-0.05, 0) is 54.8 Å². The Kier molecular flexibility index (Phi) is 3.43. The van der Waals surface area contributed by atoms with Crippen molar-refractivity contribution in [3.05, 3.63) is 76.7 Å². The molecule has 1 heterocycles. The fourth-order valence-electron chi connectivity index (χ4n) is 2.43. The molecule has 3 heteroatoms. The lowest BCUT2D eigenvalue weighted by molar-refractivity contribution is 0.614. The van der Waals surface area contributed by atoms with E-state index in [9.17, 15) is 4.39 Å². The molecule has 1 atom stereocenters. The number of hydrogen-bond acceptors (Lipinski definition) is 2. The van der Waals surface area contributed by atoms with Crippen molar-refractivity contribution in [2.45, 2.75) is 19.9 Å². The van der Waals surface area contributed by atoms with E-state index >= 15 is 0 Å². The summed E-state index contributed by atoms with van der Waals surface area (Å²) in [4.78, 5) is 4.47. The molecule has 106 valence electrons. The first-order valence-electron chi connectivity index (χ1n) is 6.93. The first-order chi connectivity index (χ1) is 10.0. The summed E-state index contributed by atoms with van der Waals surface area (Å²) in [6, 6.07) is 14.7. The van der Waals surface area contributed by atoms with E-state index in [2.05, 4.69) is 4.98 Å². The normalized spacial score (nSPS) is 12.6. The van der Waals surface area contributed by atoms with Gasteiger partial charge in [0.25, 0.3) is 0 Å². The second-order valence-electron chi connectivity index (χ2n) is 5.39. The lowest BCUT2D eigenvalue weighted by Crippen LogP contribution is -2.12. The second kappa shape index (κ2) is 5.26. The predicted octanol–water partition coefficient (Wildman–Crippen LogP) is 4.04. The van der Waals surface area contributed by atoms with Crippen LogP contribution in [0.1, 0.15) is 28.4 Å². The first-order valence-corrected chi connectivity index (χ1v) is 6.93. The van der Waals surface area contributed by atoms with E-state index in [0.29, 0.717) is 5.56 Å². The minimum atomic E-state index is -0.342. The van der Waals surface area contributed by atoms with Gasteiger partial charge < -0.3 is 5.73 Å². The number of nitrogens with two attached hydrogens (primary N) is 1. The highest BCUT2D eigenvalue weighted by atomic mass is 19.1. The summed E-state index contributed by atoms with van der Waals surface area (Å²) in [5, 5.41) is 1.04. The molecule has 0 radical (unpaired) electrons. The van der Waals surface area contributed by atoms with E-state index in [1.807, 2.05) is 43.3 Å². The Bertz CT molecular complexity index is 811. The van der Waals surface area contributed by atoms with Crippen LogP contribution in [0.25, 0.3) is 10.9 Å². The maximum absolute atomic E-state index is 13.7. The van der Waals surface area contributed by atoms with Gasteiger partial charge in [0, 0.05) is 11.1 Å². The van der Waals surface area contributed by atoms with Crippen molar-refractivity contribution >= 4 is 10.9 Å². The van der Waals surface area contributed by atoms with Crippen molar-refractivity contribution < 1.29 is 4.39 Å². The van der Waals surface area contributed by atoms with Crippen molar-refractivity contribution in [3.63, 3.8) is 0 Å². The number of aromatic nitrogens is 1. The molecule has 0 aliphatic rings. The molecule has 0 spiro atoms. The van der Waals surface area contributed by atoms with Gasteiger partial charge in [-0.3, -0.25) is 4.98 Å². The van der Waals surface area contributed by atoms with Crippen LogP contribution < -0.4 is 5.73 Å². The Hall–Kier alpha value is -2.26. The summed E-state index contributed by atoms with van der Waals surface area (Å²) in [6.45, 7) is 3.71. The zero-order valence-electron chi connectivity index (χ0n) is 12.1. The molecular weight excluding hydrogens is 263 g/mol. The molecule has 2 aromatic carbocycles. The molecule has 1 aromatic heterocycles. The van der Waals surface area contributed by atoms with Gasteiger partial charge in [0.1, 0.15) is 5.82 Å². The molecule has 0 saturated carbocycles. The SMILES string of the molecule is Cc1ccc2cc(C(N)c3ccc(C)c(F)c3)ccc2n1. The average Bonchev–Trinajstić information content (AvgIpc) is 2.49. The van der Waals surface area contributed by atoms with Crippen molar-refractivity contribution in [1.29, 1.82) is 0 Å². The maximum atomic E-state index is 13.7. The van der Waals surface area contributed by atoms with Gasteiger partial charge in [0.05, 0.1) is 11.6 Å². The molecule has 0 amide bonds. The molecule has 3 aromatic rings. The summed E-state index contributed by atoms with van der Waals surface area (Å²) >= 11 is 0. The van der Waals surface area contributed by atoms with Gasteiger partial charge in [0.15, 0.2) is 0 Å². The summed E-state index contributed by atoms with van der Waals surface area (Å²) in [7, 11) is 0. The lowest BCUT2D eigenvalue weighted by atomic mass is 9.97. The number of fused-ring (bicyclic) bond motifs is 1. The Morgan fingerprint density at radius 1 is 0.952 bits per heavy atom. The molecule has 0 bridgehead atoms. The number of nitrogens with zero attached hydrogens (tertiary/aromatic N) is 1. The smallest absolute Gasteiger partial charge is 0.126 e. The molecule has 21 heavy (non-hydrogen) atoms. The van der Waals surface area contributed by atoms with Gasteiger partial charge in [-0.15, -0.1) is 0 Å². The van der Waals surface area contributed by atoms with Gasteiger partial charge in [-0.1, -0.05) is 24.3 Å². The summed E-state index contributed by atoms with van der Waals surface area (Å²) in [5.41, 5.74) is 10.6. The number of halogens is 1. The van der Waals surface area contributed by atoms with E-state index < -0.39 is 0 Å². The molecule has 0 saturated heterocycles. The van der Waals surface area contributed by atoms with E-state index in [-0.39, 0.29) is 11.9 Å². The molecule has 0 aliphatic heterocycles. The summed E-state index contributed by atoms with van der Waals surface area (Å²) < 4.78 is 13.7. The van der Waals surface area contributed by atoms with Crippen molar-refractivity contribution in [2.24, 2.45) is 5.73 Å². The fourth-order valence-corrected chi connectivity index (χ4v) is 2.43. The van der Waals surface area contributed by atoms with Gasteiger partial charge in [-0.25, -0.2) is 4.39 Å². The lowest BCUT2D eigenvalue weighted by Gasteiger charge is -2.14. The maximum Gasteiger partial charge on any atom is 0.126 e. The van der Waals surface area contributed by atoms with Gasteiger partial charge in [0.2, 0.25) is 0 Å². The topological polar surface area (TPSA) is 38.9 Å². The number of benzene rings is 2. The molecule has 3 rings (SSSR count). The molecule has 0 fully saturated rings. The summed E-state index contributed by atoms with van der Waals surface area (Å²) in [5.74, 6) is -0.221. The van der Waals surface area contributed by atoms with Crippen molar-refractivity contribution in [3.8, 4) is 0 Å². The molecule has 2 nitrogen and oxygen atoms in total. The van der Waals surface area contributed by atoms with Crippen LogP contribution in [0.3, 0.4) is 0 Å². The fraction of sp³-hybridized carbons (Fsp3) is 0.167. The van der Waals surface area contributed by atoms with Crippen molar-refractivity contribution in [2.75, 3.05) is 0 Å². The Morgan fingerprint density at radius 2 is 1.67 bits per heavy atom. The van der Waals surface area contributed by atoms with Crippen LogP contribution in [-0.4, -0.2) is 4.98 Å². The van der Waals surface area contributed by atoms with Crippen LogP contribution in [0.15, 0.2) is 48.5 Å². The van der Waals surface area contributed by atoms with Gasteiger partial charge >= 0.3 is 0 Å². The molecule has 0 aliphatic carbocycles. The molecule has 1 unspecified atom stereocenters. The number of pyridine rings is 1. The van der Waals surface area contributed by atoms with Crippen LogP contribution in [0, 0.1) is 19.7 Å². The number of rotatable bonds is 2. The molecular formula is C18H17FN2.